The minimum atomic E-state index is -0.686. The first-order chi connectivity index (χ1) is 11.5. The first-order valence-corrected chi connectivity index (χ1v) is 9.09. The summed E-state index contributed by atoms with van der Waals surface area (Å²) in [4.78, 5) is 15.2. The van der Waals surface area contributed by atoms with E-state index in [0.717, 1.165) is 31.4 Å². The Hall–Kier alpha value is -1.13. The maximum Gasteiger partial charge on any atom is 0.311 e. The van der Waals surface area contributed by atoms with E-state index in [2.05, 4.69) is 11.9 Å². The van der Waals surface area contributed by atoms with Crippen molar-refractivity contribution in [3.8, 4) is 0 Å². The highest BCUT2D eigenvalue weighted by Gasteiger charge is 2.46. The van der Waals surface area contributed by atoms with Crippen molar-refractivity contribution in [3.05, 3.63) is 34.9 Å². The second-order valence-corrected chi connectivity index (χ2v) is 7.71. The van der Waals surface area contributed by atoms with Crippen molar-refractivity contribution >= 4 is 17.6 Å². The number of nitrogens with zero attached hydrogens (tertiary/aromatic N) is 1. The quantitative estimate of drug-likeness (QED) is 0.765. The van der Waals surface area contributed by atoms with Crippen LogP contribution < -0.4 is 0 Å². The van der Waals surface area contributed by atoms with Crippen LogP contribution in [0.15, 0.2) is 24.3 Å². The van der Waals surface area contributed by atoms with Crippen molar-refractivity contribution in [1.82, 2.24) is 4.90 Å². The number of piperidine rings is 1. The second kappa shape index (κ2) is 7.40. The van der Waals surface area contributed by atoms with Gasteiger partial charge in [0.1, 0.15) is 12.8 Å². The Kier molecular flexibility index (Phi) is 5.46. The lowest BCUT2D eigenvalue weighted by Gasteiger charge is -2.37. The Labute approximate surface area is 148 Å². The number of esters is 1. The Bertz CT molecular complexity index is 579. The third kappa shape index (κ3) is 3.60. The molecule has 1 saturated carbocycles. The van der Waals surface area contributed by atoms with E-state index in [9.17, 15) is 9.18 Å². The Balaban J connectivity index is 1.93. The number of benzene rings is 1. The van der Waals surface area contributed by atoms with Crippen LogP contribution in [0, 0.1) is 11.8 Å². The van der Waals surface area contributed by atoms with E-state index in [-0.39, 0.29) is 23.8 Å². The molecule has 132 valence electrons. The summed E-state index contributed by atoms with van der Waals surface area (Å²) in [7, 11) is 2.08. The van der Waals surface area contributed by atoms with Crippen LogP contribution in [-0.2, 0) is 9.53 Å². The molecule has 0 radical (unpaired) electrons. The highest BCUT2D eigenvalue weighted by atomic mass is 35.5. The SMILES string of the molecule is C[C@H](CF)OC(=O)C1C(c2ccc(Cl)cc2)CC2CCC1N(C)C2. The fraction of sp³-hybridized carbons (Fsp3) is 0.632. The van der Waals surface area contributed by atoms with Crippen molar-refractivity contribution in [3.63, 3.8) is 0 Å². The number of carbonyl (C=O) groups excluding carboxylic acids is 1. The van der Waals surface area contributed by atoms with Gasteiger partial charge >= 0.3 is 5.97 Å². The predicted molar refractivity (Wildman–Crippen MR) is 93.0 cm³/mol. The van der Waals surface area contributed by atoms with E-state index >= 15 is 0 Å². The van der Waals surface area contributed by atoms with E-state index in [1.54, 1.807) is 6.92 Å². The van der Waals surface area contributed by atoms with Crippen molar-refractivity contribution < 1.29 is 13.9 Å². The molecule has 0 aromatic heterocycles. The van der Waals surface area contributed by atoms with Crippen LogP contribution in [0.4, 0.5) is 4.39 Å². The molecular formula is C19H25ClFNO2. The Morgan fingerprint density at radius 1 is 1.38 bits per heavy atom. The second-order valence-electron chi connectivity index (χ2n) is 7.27. The maximum absolute atomic E-state index is 12.9. The first-order valence-electron chi connectivity index (χ1n) is 8.71. The molecule has 0 spiro atoms. The average molecular weight is 354 g/mol. The number of alkyl halides is 1. The molecule has 2 bridgehead atoms. The van der Waals surface area contributed by atoms with Gasteiger partial charge in [-0.2, -0.15) is 0 Å². The third-order valence-corrected chi connectivity index (χ3v) is 5.78. The summed E-state index contributed by atoms with van der Waals surface area (Å²) in [5, 5.41) is 0.692. The zero-order chi connectivity index (χ0) is 17.3. The standard InChI is InChI=1S/C19H25ClFNO2/c1-12(10-21)24-19(23)18-16(14-4-6-15(20)7-5-14)9-13-3-8-17(18)22(2)11-13/h4-7,12-13,16-18H,3,8-11H2,1-2H3/t12-,13?,16?,17?,18?/m1/s1. The third-order valence-electron chi connectivity index (χ3n) is 5.52. The van der Waals surface area contributed by atoms with Crippen LogP contribution in [0.1, 0.15) is 37.7 Å². The molecule has 5 heteroatoms. The molecule has 4 rings (SSSR count). The number of hydrogen-bond donors (Lipinski definition) is 0. The highest BCUT2D eigenvalue weighted by molar-refractivity contribution is 6.30. The molecule has 2 aliphatic heterocycles. The lowest BCUT2D eigenvalue weighted by atomic mass is 9.80. The summed E-state index contributed by atoms with van der Waals surface area (Å²) in [5.74, 6) is 0.171. The van der Waals surface area contributed by atoms with Gasteiger partial charge in [-0.3, -0.25) is 4.79 Å². The molecule has 3 aliphatic rings. The summed E-state index contributed by atoms with van der Waals surface area (Å²) in [5.41, 5.74) is 1.13. The van der Waals surface area contributed by atoms with E-state index in [0.29, 0.717) is 10.9 Å². The summed E-state index contributed by atoms with van der Waals surface area (Å²) < 4.78 is 18.2. The van der Waals surface area contributed by atoms with Gasteiger partial charge in [-0.1, -0.05) is 23.7 Å². The van der Waals surface area contributed by atoms with Crippen LogP contribution in [0.3, 0.4) is 0 Å². The first kappa shape index (κ1) is 17.7. The minimum Gasteiger partial charge on any atom is -0.460 e. The zero-order valence-electron chi connectivity index (χ0n) is 14.3. The Morgan fingerprint density at radius 3 is 2.71 bits per heavy atom. The minimum absolute atomic E-state index is 0.101. The number of halogens is 2. The smallest absolute Gasteiger partial charge is 0.311 e. The summed E-state index contributed by atoms with van der Waals surface area (Å²) in [6.07, 6.45) is 2.41. The number of hydrogen-bond acceptors (Lipinski definition) is 3. The van der Waals surface area contributed by atoms with E-state index in [1.165, 1.54) is 0 Å². The van der Waals surface area contributed by atoms with Crippen molar-refractivity contribution in [2.75, 3.05) is 20.3 Å². The van der Waals surface area contributed by atoms with Gasteiger partial charge in [0.15, 0.2) is 0 Å². The average Bonchev–Trinajstić information content (AvgIpc) is 2.83. The number of rotatable bonds is 4. The molecule has 24 heavy (non-hydrogen) atoms. The molecule has 1 aliphatic carbocycles. The molecule has 3 fully saturated rings. The molecule has 4 unspecified atom stereocenters. The van der Waals surface area contributed by atoms with E-state index in [4.69, 9.17) is 16.3 Å². The van der Waals surface area contributed by atoms with E-state index in [1.807, 2.05) is 24.3 Å². The van der Waals surface area contributed by atoms with Crippen LogP contribution >= 0.6 is 11.6 Å². The molecule has 1 aromatic rings. The summed E-state index contributed by atoms with van der Waals surface area (Å²) >= 11 is 6.02. The molecule has 2 saturated heterocycles. The molecule has 1 aromatic carbocycles. The lowest BCUT2D eigenvalue weighted by Crippen LogP contribution is -2.46. The molecule has 5 atom stereocenters. The van der Waals surface area contributed by atoms with Gasteiger partial charge < -0.3 is 9.64 Å². The Morgan fingerprint density at radius 2 is 2.08 bits per heavy atom. The van der Waals surface area contributed by atoms with Gasteiger partial charge in [-0.05, 0) is 62.8 Å². The summed E-state index contributed by atoms with van der Waals surface area (Å²) in [6.45, 7) is 1.97. The van der Waals surface area contributed by atoms with Gasteiger partial charge in [0.2, 0.25) is 0 Å². The molecule has 3 nitrogen and oxygen atoms in total. The van der Waals surface area contributed by atoms with Gasteiger partial charge in [0.05, 0.1) is 5.92 Å². The fourth-order valence-electron chi connectivity index (χ4n) is 4.36. The lowest BCUT2D eigenvalue weighted by molar-refractivity contribution is -0.157. The number of carbonyl (C=O) groups is 1. The van der Waals surface area contributed by atoms with Gasteiger partial charge in [-0.25, -0.2) is 4.39 Å². The van der Waals surface area contributed by atoms with Gasteiger partial charge in [-0.15, -0.1) is 0 Å². The molecule has 2 heterocycles. The number of fused-ring (bicyclic) bond motifs is 4. The predicted octanol–water partition coefficient (Wildman–Crippen LogP) is 4.06. The number of ether oxygens (including phenoxy) is 1. The maximum atomic E-state index is 12.9. The van der Waals surface area contributed by atoms with E-state index < -0.39 is 12.8 Å². The van der Waals surface area contributed by atoms with Crippen LogP contribution in [0.5, 0.6) is 0 Å². The van der Waals surface area contributed by atoms with Crippen LogP contribution in [-0.4, -0.2) is 43.3 Å². The van der Waals surface area contributed by atoms with Crippen molar-refractivity contribution in [1.29, 1.82) is 0 Å². The highest BCUT2D eigenvalue weighted by Crippen LogP contribution is 2.45. The van der Waals surface area contributed by atoms with Crippen molar-refractivity contribution in [2.24, 2.45) is 11.8 Å². The van der Waals surface area contributed by atoms with Crippen LogP contribution in [0.2, 0.25) is 5.02 Å². The zero-order valence-corrected chi connectivity index (χ0v) is 15.0. The molecule has 0 N–H and O–H groups in total. The monoisotopic (exact) mass is 353 g/mol. The normalized spacial score (nSPS) is 31.5. The van der Waals surface area contributed by atoms with Gasteiger partial charge in [0, 0.05) is 17.6 Å². The van der Waals surface area contributed by atoms with Crippen molar-refractivity contribution in [2.45, 2.75) is 44.2 Å². The molecule has 0 amide bonds. The fourth-order valence-corrected chi connectivity index (χ4v) is 4.49. The van der Waals surface area contributed by atoms with Gasteiger partial charge in [0.25, 0.3) is 0 Å². The molecular weight excluding hydrogens is 329 g/mol. The largest absolute Gasteiger partial charge is 0.460 e. The van der Waals surface area contributed by atoms with Crippen LogP contribution in [0.25, 0.3) is 0 Å². The summed E-state index contributed by atoms with van der Waals surface area (Å²) in [6, 6.07) is 7.93. The topological polar surface area (TPSA) is 29.5 Å².